The van der Waals surface area contributed by atoms with Gasteiger partial charge < -0.3 is 10.1 Å². The van der Waals surface area contributed by atoms with Gasteiger partial charge in [0, 0.05) is 5.56 Å². The minimum absolute atomic E-state index is 0.111. The number of hydrazone groups is 1. The molecule has 0 aliphatic heterocycles. The van der Waals surface area contributed by atoms with E-state index in [0.717, 1.165) is 10.8 Å². The number of carbonyl (C=O) groups excluding carboxylic acids is 3. The highest BCUT2D eigenvalue weighted by atomic mass is 35.5. The van der Waals surface area contributed by atoms with E-state index in [-0.39, 0.29) is 21.5 Å². The van der Waals surface area contributed by atoms with Crippen LogP contribution in [0.5, 0.6) is 5.75 Å². The molecule has 0 fully saturated rings. The summed E-state index contributed by atoms with van der Waals surface area (Å²) in [4.78, 5) is 37.1. The van der Waals surface area contributed by atoms with Crippen molar-refractivity contribution in [2.24, 2.45) is 5.10 Å². The van der Waals surface area contributed by atoms with Crippen LogP contribution < -0.4 is 15.5 Å². The van der Waals surface area contributed by atoms with E-state index in [1.54, 1.807) is 54.6 Å². The molecule has 0 aliphatic rings. The maximum absolute atomic E-state index is 12.6. The van der Waals surface area contributed by atoms with Crippen molar-refractivity contribution in [3.63, 3.8) is 0 Å². The van der Waals surface area contributed by atoms with Gasteiger partial charge in [0.05, 0.1) is 27.5 Å². The highest BCUT2D eigenvalue weighted by molar-refractivity contribution is 6.45. The van der Waals surface area contributed by atoms with Gasteiger partial charge in [0.2, 0.25) is 0 Å². The number of esters is 1. The summed E-state index contributed by atoms with van der Waals surface area (Å²) in [6, 6.07) is 24.0. The molecule has 0 bridgehead atoms. The van der Waals surface area contributed by atoms with Gasteiger partial charge in [-0.25, -0.2) is 10.2 Å². The summed E-state index contributed by atoms with van der Waals surface area (Å²) >= 11 is 12.0. The summed E-state index contributed by atoms with van der Waals surface area (Å²) in [5.74, 6) is -2.32. The second kappa shape index (κ2) is 10.8. The van der Waals surface area contributed by atoms with Crippen LogP contribution in [0.2, 0.25) is 10.0 Å². The van der Waals surface area contributed by atoms with Gasteiger partial charge in [-0.2, -0.15) is 5.10 Å². The molecule has 0 saturated carbocycles. The molecule has 0 spiro atoms. The first-order valence-corrected chi connectivity index (χ1v) is 11.1. The van der Waals surface area contributed by atoms with Crippen LogP contribution in [-0.2, 0) is 9.59 Å². The van der Waals surface area contributed by atoms with Crippen molar-refractivity contribution >= 4 is 63.7 Å². The Labute approximate surface area is 210 Å². The first kappa shape index (κ1) is 23.9. The van der Waals surface area contributed by atoms with Gasteiger partial charge >= 0.3 is 17.8 Å². The summed E-state index contributed by atoms with van der Waals surface area (Å²) < 4.78 is 5.60. The van der Waals surface area contributed by atoms with Gasteiger partial charge in [-0.05, 0) is 41.1 Å². The lowest BCUT2D eigenvalue weighted by Crippen LogP contribution is -2.32. The molecule has 0 aliphatic carbocycles. The zero-order valence-electron chi connectivity index (χ0n) is 18.0. The van der Waals surface area contributed by atoms with Crippen LogP contribution in [-0.4, -0.2) is 24.0 Å². The standard InChI is InChI=1S/C26H17Cl2N3O4/c27-20-11-6-12-21(23(20)28)30-24(32)25(33)31-29-15-19-18-10-5-4-7-16(18)13-14-22(19)35-26(34)17-8-2-1-3-9-17/h1-15H,(H,30,32)(H,31,33)/b29-15-. The average Bonchev–Trinajstić information content (AvgIpc) is 2.88. The van der Waals surface area contributed by atoms with Crippen LogP contribution in [0.3, 0.4) is 0 Å². The quantitative estimate of drug-likeness (QED) is 0.124. The number of hydrogen-bond acceptors (Lipinski definition) is 5. The number of rotatable bonds is 5. The Bertz CT molecular complexity index is 1460. The lowest BCUT2D eigenvalue weighted by Gasteiger charge is -2.10. The fourth-order valence-corrected chi connectivity index (χ4v) is 3.56. The first-order chi connectivity index (χ1) is 16.9. The fraction of sp³-hybridized carbons (Fsp3) is 0. The third-order valence-electron chi connectivity index (χ3n) is 4.91. The monoisotopic (exact) mass is 505 g/mol. The van der Waals surface area contributed by atoms with Crippen LogP contribution in [0.15, 0.2) is 90.0 Å². The molecule has 0 unspecified atom stereocenters. The molecule has 0 radical (unpaired) electrons. The zero-order valence-corrected chi connectivity index (χ0v) is 19.5. The highest BCUT2D eigenvalue weighted by Gasteiger charge is 2.16. The number of halogens is 2. The van der Waals surface area contributed by atoms with E-state index >= 15 is 0 Å². The van der Waals surface area contributed by atoms with Crippen molar-refractivity contribution in [2.75, 3.05) is 5.32 Å². The average molecular weight is 506 g/mol. The Morgan fingerprint density at radius 1 is 0.800 bits per heavy atom. The van der Waals surface area contributed by atoms with E-state index < -0.39 is 17.8 Å². The van der Waals surface area contributed by atoms with Gasteiger partial charge in [-0.15, -0.1) is 0 Å². The Hall–Kier alpha value is -4.20. The highest BCUT2D eigenvalue weighted by Crippen LogP contribution is 2.29. The summed E-state index contributed by atoms with van der Waals surface area (Å²) in [6.07, 6.45) is 1.31. The predicted molar refractivity (Wildman–Crippen MR) is 136 cm³/mol. The predicted octanol–water partition coefficient (Wildman–Crippen LogP) is 5.45. The van der Waals surface area contributed by atoms with Crippen LogP contribution in [0, 0.1) is 0 Å². The van der Waals surface area contributed by atoms with E-state index in [9.17, 15) is 14.4 Å². The summed E-state index contributed by atoms with van der Waals surface area (Å²) in [7, 11) is 0. The Morgan fingerprint density at radius 2 is 1.54 bits per heavy atom. The number of fused-ring (bicyclic) bond motifs is 1. The second-order valence-corrected chi connectivity index (χ2v) is 7.99. The summed E-state index contributed by atoms with van der Waals surface area (Å²) in [5, 5.41) is 8.22. The second-order valence-electron chi connectivity index (χ2n) is 7.21. The lowest BCUT2D eigenvalue weighted by atomic mass is 10.0. The van der Waals surface area contributed by atoms with E-state index in [1.807, 2.05) is 24.3 Å². The van der Waals surface area contributed by atoms with Crippen LogP contribution >= 0.6 is 23.2 Å². The van der Waals surface area contributed by atoms with Crippen molar-refractivity contribution in [3.05, 3.63) is 106 Å². The van der Waals surface area contributed by atoms with Crippen molar-refractivity contribution in [1.29, 1.82) is 0 Å². The molecule has 4 aromatic rings. The largest absolute Gasteiger partial charge is 0.422 e. The minimum Gasteiger partial charge on any atom is -0.422 e. The molecule has 4 aromatic carbocycles. The van der Waals surface area contributed by atoms with Crippen LogP contribution in [0.1, 0.15) is 15.9 Å². The molecule has 0 aromatic heterocycles. The molecule has 7 nitrogen and oxygen atoms in total. The molecule has 9 heteroatoms. The van der Waals surface area contributed by atoms with Crippen molar-refractivity contribution in [1.82, 2.24) is 5.43 Å². The van der Waals surface area contributed by atoms with Crippen molar-refractivity contribution < 1.29 is 19.1 Å². The lowest BCUT2D eigenvalue weighted by molar-refractivity contribution is -0.136. The molecule has 35 heavy (non-hydrogen) atoms. The van der Waals surface area contributed by atoms with E-state index in [2.05, 4.69) is 15.8 Å². The number of ether oxygens (including phenoxy) is 1. The minimum atomic E-state index is -1.03. The fourth-order valence-electron chi connectivity index (χ4n) is 3.22. The Balaban J connectivity index is 1.54. The number of carbonyl (C=O) groups is 3. The normalized spacial score (nSPS) is 10.8. The number of benzene rings is 4. The smallest absolute Gasteiger partial charge is 0.343 e. The number of anilines is 1. The SMILES string of the molecule is O=C(N/N=C\c1c(OC(=O)c2ccccc2)ccc2ccccc12)C(=O)Nc1cccc(Cl)c1Cl. The molecule has 4 rings (SSSR count). The molecule has 2 amide bonds. The van der Waals surface area contributed by atoms with Gasteiger partial charge in [-0.1, -0.05) is 77.8 Å². The molecular formula is C26H17Cl2N3O4. The third-order valence-corrected chi connectivity index (χ3v) is 5.73. The van der Waals surface area contributed by atoms with Crippen molar-refractivity contribution in [3.8, 4) is 5.75 Å². The molecule has 0 heterocycles. The van der Waals surface area contributed by atoms with Crippen molar-refractivity contribution in [2.45, 2.75) is 0 Å². The molecule has 174 valence electrons. The van der Waals surface area contributed by atoms with Crippen LogP contribution in [0.25, 0.3) is 10.8 Å². The Kier molecular flexibility index (Phi) is 7.40. The Morgan fingerprint density at radius 3 is 2.34 bits per heavy atom. The number of nitrogens with zero attached hydrogens (tertiary/aromatic N) is 1. The van der Waals surface area contributed by atoms with Gasteiger partial charge in [0.1, 0.15) is 5.75 Å². The summed E-state index contributed by atoms with van der Waals surface area (Å²) in [5.41, 5.74) is 3.18. The maximum Gasteiger partial charge on any atom is 0.343 e. The zero-order chi connectivity index (χ0) is 24.8. The summed E-state index contributed by atoms with van der Waals surface area (Å²) in [6.45, 7) is 0. The molecule has 0 saturated heterocycles. The van der Waals surface area contributed by atoms with Crippen LogP contribution in [0.4, 0.5) is 5.69 Å². The van der Waals surface area contributed by atoms with E-state index in [1.165, 1.54) is 12.3 Å². The molecular weight excluding hydrogens is 489 g/mol. The third kappa shape index (κ3) is 5.66. The topological polar surface area (TPSA) is 96.9 Å². The van der Waals surface area contributed by atoms with E-state index in [0.29, 0.717) is 11.1 Å². The molecule has 2 N–H and O–H groups in total. The number of hydrogen-bond donors (Lipinski definition) is 2. The number of nitrogens with one attached hydrogen (secondary N) is 2. The molecule has 0 atom stereocenters. The maximum atomic E-state index is 12.6. The van der Waals surface area contributed by atoms with Gasteiger partial charge in [0.25, 0.3) is 0 Å². The first-order valence-electron chi connectivity index (χ1n) is 10.3. The van der Waals surface area contributed by atoms with E-state index in [4.69, 9.17) is 27.9 Å². The van der Waals surface area contributed by atoms with Gasteiger partial charge in [0.15, 0.2) is 0 Å². The number of amides is 2. The van der Waals surface area contributed by atoms with Gasteiger partial charge in [-0.3, -0.25) is 9.59 Å².